The van der Waals surface area contributed by atoms with Crippen LogP contribution in [0.3, 0.4) is 0 Å². The number of carbonyl (C=O) groups is 1. The minimum atomic E-state index is -0.781. The van der Waals surface area contributed by atoms with E-state index in [1.165, 1.54) is 23.5 Å². The smallest absolute Gasteiger partial charge is 0.315 e. The monoisotopic (exact) mass is 263 g/mol. The van der Waals surface area contributed by atoms with E-state index in [9.17, 15) is 14.3 Å². The summed E-state index contributed by atoms with van der Waals surface area (Å²) in [5, 5.41) is 9.94. The van der Waals surface area contributed by atoms with Crippen LogP contribution in [0.4, 0.5) is 4.39 Å². The number of benzene rings is 1. The standard InChI is InChI=1S/C13H10FNO2S/c14-9-3-1-8(2-4-9)11-15-7-10(18-11)13(5-6-13)12(16)17/h1-4,7H,5-6H2,(H,16,17). The summed E-state index contributed by atoms with van der Waals surface area (Å²) in [6.07, 6.45) is 2.98. The molecular weight excluding hydrogens is 253 g/mol. The zero-order chi connectivity index (χ0) is 12.8. The van der Waals surface area contributed by atoms with Crippen LogP contribution in [0, 0.1) is 5.82 Å². The maximum atomic E-state index is 12.8. The molecule has 0 atom stereocenters. The van der Waals surface area contributed by atoms with Gasteiger partial charge in [-0.05, 0) is 37.1 Å². The van der Waals surface area contributed by atoms with Crippen LogP contribution in [0.25, 0.3) is 10.6 Å². The van der Waals surface area contributed by atoms with Crippen molar-refractivity contribution in [3.63, 3.8) is 0 Å². The van der Waals surface area contributed by atoms with Crippen molar-refractivity contribution in [1.29, 1.82) is 0 Å². The van der Waals surface area contributed by atoms with Gasteiger partial charge in [-0.2, -0.15) is 0 Å². The Bertz CT molecular complexity index is 602. The topological polar surface area (TPSA) is 50.2 Å². The van der Waals surface area contributed by atoms with Gasteiger partial charge in [0, 0.05) is 16.6 Å². The molecule has 1 heterocycles. The van der Waals surface area contributed by atoms with Gasteiger partial charge in [0.1, 0.15) is 16.2 Å². The van der Waals surface area contributed by atoms with Crippen LogP contribution in [-0.4, -0.2) is 16.1 Å². The van der Waals surface area contributed by atoms with E-state index >= 15 is 0 Å². The summed E-state index contributed by atoms with van der Waals surface area (Å²) < 4.78 is 12.8. The molecule has 0 spiro atoms. The molecule has 18 heavy (non-hydrogen) atoms. The quantitative estimate of drug-likeness (QED) is 0.925. The number of halogens is 1. The number of rotatable bonds is 3. The highest BCUT2D eigenvalue weighted by molar-refractivity contribution is 7.15. The highest BCUT2D eigenvalue weighted by Crippen LogP contribution is 2.51. The number of thiazole rings is 1. The first-order valence-electron chi connectivity index (χ1n) is 5.57. The zero-order valence-corrected chi connectivity index (χ0v) is 10.2. The third-order valence-corrected chi connectivity index (χ3v) is 4.48. The summed E-state index contributed by atoms with van der Waals surface area (Å²) in [5.74, 6) is -1.07. The van der Waals surface area contributed by atoms with Crippen molar-refractivity contribution in [2.24, 2.45) is 0 Å². The van der Waals surface area contributed by atoms with E-state index in [0.29, 0.717) is 12.8 Å². The van der Waals surface area contributed by atoms with E-state index in [1.807, 2.05) is 0 Å². The van der Waals surface area contributed by atoms with Crippen LogP contribution < -0.4 is 0 Å². The Morgan fingerprint density at radius 1 is 1.33 bits per heavy atom. The highest BCUT2D eigenvalue weighted by Gasteiger charge is 2.53. The number of carboxylic acid groups (broad SMARTS) is 1. The van der Waals surface area contributed by atoms with Gasteiger partial charge in [0.2, 0.25) is 0 Å². The van der Waals surface area contributed by atoms with Gasteiger partial charge in [-0.25, -0.2) is 9.37 Å². The molecule has 2 aromatic rings. The first-order chi connectivity index (χ1) is 8.62. The van der Waals surface area contributed by atoms with Gasteiger partial charge >= 0.3 is 5.97 Å². The minimum Gasteiger partial charge on any atom is -0.481 e. The van der Waals surface area contributed by atoms with Crippen molar-refractivity contribution in [3.8, 4) is 10.6 Å². The second-order valence-corrected chi connectivity index (χ2v) is 5.45. The van der Waals surface area contributed by atoms with E-state index < -0.39 is 11.4 Å². The third kappa shape index (κ3) is 1.71. The summed E-state index contributed by atoms with van der Waals surface area (Å²) in [5.41, 5.74) is 0.101. The Morgan fingerprint density at radius 2 is 2.00 bits per heavy atom. The number of aromatic nitrogens is 1. The molecule has 1 aromatic heterocycles. The predicted octanol–water partition coefficient (Wildman–Crippen LogP) is 3.07. The van der Waals surface area contributed by atoms with E-state index in [-0.39, 0.29) is 5.82 Å². The SMILES string of the molecule is O=C(O)C1(c2cnc(-c3ccc(F)cc3)s2)CC1. The molecule has 3 rings (SSSR count). The molecule has 5 heteroatoms. The molecule has 92 valence electrons. The Labute approximate surface area is 107 Å². The molecule has 0 saturated heterocycles. The Kier molecular flexibility index (Phi) is 2.45. The van der Waals surface area contributed by atoms with E-state index in [0.717, 1.165) is 15.4 Å². The van der Waals surface area contributed by atoms with Gasteiger partial charge in [0.25, 0.3) is 0 Å². The average Bonchev–Trinajstić information content (AvgIpc) is 3.03. The van der Waals surface area contributed by atoms with Crippen molar-refractivity contribution in [3.05, 3.63) is 41.2 Å². The highest BCUT2D eigenvalue weighted by atomic mass is 32.1. The summed E-state index contributed by atoms with van der Waals surface area (Å²) in [6.45, 7) is 0. The molecule has 0 bridgehead atoms. The van der Waals surface area contributed by atoms with Gasteiger partial charge in [-0.15, -0.1) is 11.3 Å². The van der Waals surface area contributed by atoms with Crippen LogP contribution in [-0.2, 0) is 10.2 Å². The predicted molar refractivity (Wildman–Crippen MR) is 66.1 cm³/mol. The Morgan fingerprint density at radius 3 is 2.56 bits per heavy atom. The number of aliphatic carboxylic acids is 1. The Balaban J connectivity index is 1.95. The first kappa shape index (κ1) is 11.3. The maximum Gasteiger partial charge on any atom is 0.315 e. The fourth-order valence-electron chi connectivity index (χ4n) is 1.91. The molecule has 1 fully saturated rings. The molecule has 1 aliphatic carbocycles. The Hall–Kier alpha value is -1.75. The van der Waals surface area contributed by atoms with Crippen LogP contribution in [0.2, 0.25) is 0 Å². The van der Waals surface area contributed by atoms with Crippen molar-refractivity contribution in [1.82, 2.24) is 4.98 Å². The van der Waals surface area contributed by atoms with Gasteiger partial charge < -0.3 is 5.11 Å². The lowest BCUT2D eigenvalue weighted by Crippen LogP contribution is -2.17. The fourth-order valence-corrected chi connectivity index (χ4v) is 3.07. The molecule has 0 radical (unpaired) electrons. The van der Waals surface area contributed by atoms with Gasteiger partial charge in [0.15, 0.2) is 0 Å². The van der Waals surface area contributed by atoms with Crippen LogP contribution in [0.15, 0.2) is 30.5 Å². The molecule has 1 aromatic carbocycles. The van der Waals surface area contributed by atoms with Gasteiger partial charge in [0.05, 0.1) is 0 Å². The molecular formula is C13H10FNO2S. The second-order valence-electron chi connectivity index (χ2n) is 4.42. The number of carboxylic acids is 1. The first-order valence-corrected chi connectivity index (χ1v) is 6.39. The molecule has 0 amide bonds. The van der Waals surface area contributed by atoms with E-state index in [2.05, 4.69) is 4.98 Å². The van der Waals surface area contributed by atoms with Crippen LogP contribution >= 0.6 is 11.3 Å². The summed E-state index contributed by atoms with van der Waals surface area (Å²) in [7, 11) is 0. The van der Waals surface area contributed by atoms with Gasteiger partial charge in [-0.1, -0.05) is 0 Å². The normalized spacial score (nSPS) is 16.5. The van der Waals surface area contributed by atoms with E-state index in [4.69, 9.17) is 0 Å². The fraction of sp³-hybridized carbons (Fsp3) is 0.231. The summed E-state index contributed by atoms with van der Waals surface area (Å²) >= 11 is 1.38. The van der Waals surface area contributed by atoms with Crippen molar-refractivity contribution >= 4 is 17.3 Å². The molecule has 1 N–H and O–H groups in total. The number of nitrogens with zero attached hydrogens (tertiary/aromatic N) is 1. The average molecular weight is 263 g/mol. The maximum absolute atomic E-state index is 12.8. The summed E-state index contributed by atoms with van der Waals surface area (Å²) in [4.78, 5) is 16.2. The molecule has 3 nitrogen and oxygen atoms in total. The zero-order valence-electron chi connectivity index (χ0n) is 9.39. The lowest BCUT2D eigenvalue weighted by Gasteiger charge is -2.04. The second kappa shape index (κ2) is 3.88. The van der Waals surface area contributed by atoms with Crippen molar-refractivity contribution in [2.75, 3.05) is 0 Å². The lowest BCUT2D eigenvalue weighted by molar-refractivity contribution is -0.139. The number of hydrogen-bond donors (Lipinski definition) is 1. The molecule has 0 unspecified atom stereocenters. The molecule has 0 aliphatic heterocycles. The number of hydrogen-bond acceptors (Lipinski definition) is 3. The third-order valence-electron chi connectivity index (χ3n) is 3.23. The van der Waals surface area contributed by atoms with Crippen molar-refractivity contribution in [2.45, 2.75) is 18.3 Å². The van der Waals surface area contributed by atoms with Crippen LogP contribution in [0.5, 0.6) is 0 Å². The van der Waals surface area contributed by atoms with Crippen LogP contribution in [0.1, 0.15) is 17.7 Å². The van der Waals surface area contributed by atoms with Crippen molar-refractivity contribution < 1.29 is 14.3 Å². The molecule has 1 aliphatic rings. The minimum absolute atomic E-state index is 0.292. The molecule has 1 saturated carbocycles. The summed E-state index contributed by atoms with van der Waals surface area (Å²) in [6, 6.07) is 6.05. The largest absolute Gasteiger partial charge is 0.481 e. The lowest BCUT2D eigenvalue weighted by atomic mass is 10.1. The van der Waals surface area contributed by atoms with E-state index in [1.54, 1.807) is 18.3 Å². The van der Waals surface area contributed by atoms with Gasteiger partial charge in [-0.3, -0.25) is 4.79 Å².